The highest BCUT2D eigenvalue weighted by atomic mass is 32.2. The van der Waals surface area contributed by atoms with Crippen LogP contribution >= 0.6 is 0 Å². The molecule has 3 rings (SSSR count). The van der Waals surface area contributed by atoms with Gasteiger partial charge in [0.05, 0.1) is 6.61 Å². The van der Waals surface area contributed by atoms with Crippen LogP contribution in [0.15, 0.2) is 0 Å². The summed E-state index contributed by atoms with van der Waals surface area (Å²) in [7, 11) is -4.14. The molecule has 4 atom stereocenters. The highest BCUT2D eigenvalue weighted by Crippen LogP contribution is 2.47. The zero-order valence-corrected chi connectivity index (χ0v) is 18.9. The van der Waals surface area contributed by atoms with E-state index in [9.17, 15) is 13.2 Å². The van der Waals surface area contributed by atoms with E-state index in [1.165, 1.54) is 0 Å². The van der Waals surface area contributed by atoms with Gasteiger partial charge >= 0.3 is 16.3 Å². The lowest BCUT2D eigenvalue weighted by atomic mass is 9.98. The van der Waals surface area contributed by atoms with Gasteiger partial charge in [0.1, 0.15) is 24.9 Å². The molecule has 0 aromatic carbocycles. The van der Waals surface area contributed by atoms with E-state index in [0.717, 1.165) is 19.3 Å². The summed E-state index contributed by atoms with van der Waals surface area (Å²) >= 11 is 0. The molecular formula is C18H33NO10S. The van der Waals surface area contributed by atoms with E-state index in [2.05, 4.69) is 6.92 Å². The van der Waals surface area contributed by atoms with Crippen molar-refractivity contribution in [1.29, 1.82) is 0 Å². The Morgan fingerprint density at radius 3 is 2.37 bits per heavy atom. The maximum Gasteiger partial charge on any atom is 0.333 e. The Kier molecular flexibility index (Phi) is 7.90. The van der Waals surface area contributed by atoms with Gasteiger partial charge in [0.15, 0.2) is 11.6 Å². The van der Waals surface area contributed by atoms with Crippen LogP contribution in [0.1, 0.15) is 60.3 Å². The first-order chi connectivity index (χ1) is 13.7. The summed E-state index contributed by atoms with van der Waals surface area (Å²) < 4.78 is 55.9. The van der Waals surface area contributed by atoms with Crippen LogP contribution in [-0.4, -0.2) is 68.4 Å². The van der Waals surface area contributed by atoms with Crippen molar-refractivity contribution in [2.24, 2.45) is 5.14 Å². The first-order valence-electron chi connectivity index (χ1n) is 9.95. The minimum atomic E-state index is -4.14. The zero-order valence-electron chi connectivity index (χ0n) is 18.1. The molecule has 0 aromatic heterocycles. The summed E-state index contributed by atoms with van der Waals surface area (Å²) in [6.45, 7) is 8.77. The average molecular weight is 456 g/mol. The highest BCUT2D eigenvalue weighted by molar-refractivity contribution is 7.84. The predicted molar refractivity (Wildman–Crippen MR) is 103 cm³/mol. The molecule has 3 heterocycles. The Labute approximate surface area is 177 Å². The number of hydrogen-bond donors (Lipinski definition) is 2. The van der Waals surface area contributed by atoms with E-state index in [4.69, 9.17) is 38.1 Å². The second-order valence-corrected chi connectivity index (χ2v) is 9.63. The van der Waals surface area contributed by atoms with Crippen LogP contribution in [-0.2, 0) is 43.0 Å². The molecule has 11 nitrogen and oxygen atoms in total. The van der Waals surface area contributed by atoms with Crippen molar-refractivity contribution in [2.75, 3.05) is 13.2 Å². The number of carbonyl (C=O) groups is 1. The fraction of sp³-hybridized carbons (Fsp3) is 0.944. The molecule has 0 aliphatic carbocycles. The molecule has 0 spiro atoms. The lowest BCUT2D eigenvalue weighted by Crippen LogP contribution is -2.60. The number of aliphatic carboxylic acids is 1. The van der Waals surface area contributed by atoms with Crippen LogP contribution in [0.2, 0.25) is 0 Å². The van der Waals surface area contributed by atoms with Crippen molar-refractivity contribution >= 4 is 16.3 Å². The maximum absolute atomic E-state index is 11.1. The minimum Gasteiger partial charge on any atom is -0.481 e. The van der Waals surface area contributed by atoms with E-state index in [0.29, 0.717) is 6.42 Å². The van der Waals surface area contributed by atoms with Crippen LogP contribution in [0.4, 0.5) is 0 Å². The lowest BCUT2D eigenvalue weighted by Gasteiger charge is -2.40. The average Bonchev–Trinajstić information content (AvgIpc) is 3.04. The summed E-state index contributed by atoms with van der Waals surface area (Å²) in [5.41, 5.74) is 0. The third-order valence-corrected chi connectivity index (χ3v) is 5.14. The largest absolute Gasteiger partial charge is 0.481 e. The Hall–Kier alpha value is -0.860. The molecule has 3 saturated heterocycles. The molecule has 30 heavy (non-hydrogen) atoms. The number of ether oxygens (including phenoxy) is 5. The lowest BCUT2D eigenvalue weighted by molar-refractivity contribution is -0.290. The number of carboxylic acid groups (broad SMARTS) is 1. The Bertz CT molecular complexity index is 710. The van der Waals surface area contributed by atoms with Crippen LogP contribution in [0.25, 0.3) is 0 Å². The Balaban J connectivity index is 0.000000343. The number of carboxylic acids is 1. The fourth-order valence-electron chi connectivity index (χ4n) is 3.64. The first kappa shape index (κ1) is 25.4. The van der Waals surface area contributed by atoms with Gasteiger partial charge in [-0.3, -0.25) is 8.98 Å². The Morgan fingerprint density at radius 1 is 1.13 bits per heavy atom. The van der Waals surface area contributed by atoms with Gasteiger partial charge in [0, 0.05) is 6.42 Å². The van der Waals surface area contributed by atoms with Gasteiger partial charge in [-0.15, -0.1) is 0 Å². The fourth-order valence-corrected chi connectivity index (χ4v) is 3.97. The molecule has 0 radical (unpaired) electrons. The second kappa shape index (κ2) is 9.33. The SMILES string of the molecule is CC1(C)O[C@@H]2[C@@H](CO[C@@]3(COS(N)(=O)=O)OC(C)(C)O[C@@H]23)O1.CCCCCC(=O)O. The molecule has 0 aromatic rings. The van der Waals surface area contributed by atoms with Gasteiger partial charge in [-0.2, -0.15) is 8.42 Å². The number of fused-ring (bicyclic) bond motifs is 3. The van der Waals surface area contributed by atoms with Crippen molar-refractivity contribution in [2.45, 2.75) is 96.0 Å². The van der Waals surface area contributed by atoms with Gasteiger partial charge in [0.25, 0.3) is 0 Å². The summed E-state index contributed by atoms with van der Waals surface area (Å²) in [6, 6.07) is 0. The normalized spacial score (nSPS) is 33.9. The van der Waals surface area contributed by atoms with E-state index in [1.54, 1.807) is 27.7 Å². The minimum absolute atomic E-state index is 0.165. The molecule has 0 amide bonds. The number of unbranched alkanes of at least 4 members (excludes halogenated alkanes) is 2. The predicted octanol–water partition coefficient (Wildman–Crippen LogP) is 1.26. The Morgan fingerprint density at radius 2 is 1.80 bits per heavy atom. The third kappa shape index (κ3) is 6.82. The topological polar surface area (TPSA) is 153 Å². The van der Waals surface area contributed by atoms with Crippen molar-refractivity contribution in [3.8, 4) is 0 Å². The van der Waals surface area contributed by atoms with Crippen molar-refractivity contribution in [3.63, 3.8) is 0 Å². The van der Waals surface area contributed by atoms with E-state index < -0.39 is 52.4 Å². The summed E-state index contributed by atoms with van der Waals surface area (Å²) in [4.78, 5) is 9.87. The van der Waals surface area contributed by atoms with Gasteiger partial charge in [-0.25, -0.2) is 5.14 Å². The number of rotatable bonds is 7. The smallest absolute Gasteiger partial charge is 0.333 e. The van der Waals surface area contributed by atoms with Crippen LogP contribution in [0, 0.1) is 0 Å². The van der Waals surface area contributed by atoms with E-state index in [-0.39, 0.29) is 12.7 Å². The highest BCUT2D eigenvalue weighted by Gasteiger charge is 2.65. The standard InChI is InChI=1S/C12H21NO8S.C6H12O2/c1-10(2)18-7-5-16-12(6-17-22(13,14)15)9(8(7)19-10)20-11(3,4)21-12;1-2-3-4-5-6(7)8/h7-9H,5-6H2,1-4H3,(H2,13,14,15);2-5H2,1H3,(H,7,8)/t7-,8-,9+,12+;/m1./s1. The summed E-state index contributed by atoms with van der Waals surface area (Å²) in [5, 5.41) is 13.0. The summed E-state index contributed by atoms with van der Waals surface area (Å²) in [6.07, 6.45) is 1.78. The number of nitrogens with two attached hydrogens (primary N) is 1. The van der Waals surface area contributed by atoms with Crippen LogP contribution < -0.4 is 5.14 Å². The molecule has 3 N–H and O–H groups in total. The van der Waals surface area contributed by atoms with Gasteiger partial charge in [0.2, 0.25) is 5.79 Å². The maximum atomic E-state index is 11.1. The van der Waals surface area contributed by atoms with Gasteiger partial charge in [-0.1, -0.05) is 19.8 Å². The molecule has 3 aliphatic heterocycles. The molecule has 12 heteroatoms. The molecule has 3 fully saturated rings. The van der Waals surface area contributed by atoms with Gasteiger partial charge < -0.3 is 28.8 Å². The molecule has 0 unspecified atom stereocenters. The van der Waals surface area contributed by atoms with E-state index in [1.807, 2.05) is 0 Å². The van der Waals surface area contributed by atoms with Gasteiger partial charge in [-0.05, 0) is 34.1 Å². The van der Waals surface area contributed by atoms with Crippen LogP contribution in [0.5, 0.6) is 0 Å². The number of hydrogen-bond acceptors (Lipinski definition) is 9. The zero-order chi connectivity index (χ0) is 22.8. The van der Waals surface area contributed by atoms with Crippen molar-refractivity contribution in [1.82, 2.24) is 0 Å². The van der Waals surface area contributed by atoms with Crippen molar-refractivity contribution < 1.29 is 46.2 Å². The summed E-state index contributed by atoms with van der Waals surface area (Å²) in [5.74, 6) is -3.87. The monoisotopic (exact) mass is 455 g/mol. The van der Waals surface area contributed by atoms with Crippen molar-refractivity contribution in [3.05, 3.63) is 0 Å². The third-order valence-electron chi connectivity index (χ3n) is 4.69. The first-order valence-corrected chi connectivity index (χ1v) is 11.4. The quantitative estimate of drug-likeness (QED) is 0.536. The molecule has 3 aliphatic rings. The molecule has 0 bridgehead atoms. The van der Waals surface area contributed by atoms with Crippen LogP contribution in [0.3, 0.4) is 0 Å². The molecule has 176 valence electrons. The molecular weight excluding hydrogens is 422 g/mol. The second-order valence-electron chi connectivity index (χ2n) is 8.41. The van der Waals surface area contributed by atoms with E-state index >= 15 is 0 Å². The molecule has 0 saturated carbocycles.